The number of carbonyl (C=O) groups is 3. The Labute approximate surface area is 153 Å². The zero-order chi connectivity index (χ0) is 18.4. The number of esters is 2. The lowest BCUT2D eigenvalue weighted by atomic mass is 10.1. The van der Waals surface area contributed by atoms with Gasteiger partial charge in [0.15, 0.2) is 0 Å². The number of hydrogen-bond acceptors (Lipinski definition) is 8. The van der Waals surface area contributed by atoms with Gasteiger partial charge in [-0.3, -0.25) is 4.79 Å². The lowest BCUT2D eigenvalue weighted by molar-refractivity contribution is -0.113. The summed E-state index contributed by atoms with van der Waals surface area (Å²) in [5.74, 6) is -1.47. The van der Waals surface area contributed by atoms with Crippen LogP contribution in [0.2, 0.25) is 0 Å². The van der Waals surface area contributed by atoms with Crippen molar-refractivity contribution in [2.24, 2.45) is 0 Å². The molecule has 0 atom stereocenters. The van der Waals surface area contributed by atoms with Crippen LogP contribution in [-0.2, 0) is 14.3 Å². The maximum atomic E-state index is 12.1. The highest BCUT2D eigenvalue weighted by molar-refractivity contribution is 8.23. The lowest BCUT2D eigenvalue weighted by Gasteiger charge is -2.12. The van der Waals surface area contributed by atoms with E-state index in [1.165, 1.54) is 26.0 Å². The second-order valence-electron chi connectivity index (χ2n) is 4.74. The Morgan fingerprint density at radius 1 is 1.21 bits per heavy atom. The first-order valence-corrected chi connectivity index (χ1v) is 8.87. The minimum Gasteiger partial charge on any atom is -0.465 e. The van der Waals surface area contributed by atoms with Crippen molar-refractivity contribution >= 4 is 62.5 Å². The third kappa shape index (κ3) is 4.92. The van der Waals surface area contributed by atoms with E-state index in [2.05, 4.69) is 10.1 Å². The molecule has 1 amide bonds. The number of methoxy groups -OCH3 is 2. The number of carbonyl (C=O) groups excluding carboxylic acids is 3. The van der Waals surface area contributed by atoms with Crippen LogP contribution in [0.5, 0.6) is 0 Å². The summed E-state index contributed by atoms with van der Waals surface area (Å²) in [6.07, 6.45) is 0. The summed E-state index contributed by atoms with van der Waals surface area (Å²) < 4.78 is 9.98. The van der Waals surface area contributed by atoms with Crippen molar-refractivity contribution in [2.75, 3.05) is 39.4 Å². The summed E-state index contributed by atoms with van der Waals surface area (Å²) in [4.78, 5) is 37.8. The van der Waals surface area contributed by atoms with Gasteiger partial charge in [0.25, 0.3) is 0 Å². The molecular weight excluding hydrogens is 372 g/mol. The van der Waals surface area contributed by atoms with E-state index in [-0.39, 0.29) is 27.1 Å². The fourth-order valence-corrected chi connectivity index (χ4v) is 3.55. The van der Waals surface area contributed by atoms with Gasteiger partial charge < -0.3 is 19.7 Å². The van der Waals surface area contributed by atoms with E-state index in [9.17, 15) is 14.4 Å². The van der Waals surface area contributed by atoms with Gasteiger partial charge in [-0.15, -0.1) is 11.3 Å². The summed E-state index contributed by atoms with van der Waals surface area (Å²) in [5.41, 5.74) is 0.557. The van der Waals surface area contributed by atoms with Crippen LogP contribution in [0.4, 0.5) is 5.00 Å². The van der Waals surface area contributed by atoms with E-state index in [1.807, 2.05) is 0 Å². The molecule has 0 spiro atoms. The Balaban J connectivity index is 3.01. The molecular formula is C14H18N2O5S3. The Hall–Kier alpha value is -1.65. The molecule has 7 nitrogen and oxygen atoms in total. The van der Waals surface area contributed by atoms with Crippen molar-refractivity contribution in [1.82, 2.24) is 4.90 Å². The Morgan fingerprint density at radius 3 is 2.29 bits per heavy atom. The van der Waals surface area contributed by atoms with Crippen LogP contribution in [0.1, 0.15) is 25.6 Å². The first-order valence-electron chi connectivity index (χ1n) is 6.66. The summed E-state index contributed by atoms with van der Waals surface area (Å²) in [7, 11) is 6.05. The van der Waals surface area contributed by atoms with Gasteiger partial charge >= 0.3 is 11.9 Å². The molecule has 0 radical (unpaired) electrons. The van der Waals surface area contributed by atoms with Crippen molar-refractivity contribution in [2.45, 2.75) is 6.92 Å². The van der Waals surface area contributed by atoms with Gasteiger partial charge in [0.1, 0.15) is 14.2 Å². The number of rotatable bonds is 5. The van der Waals surface area contributed by atoms with Crippen LogP contribution in [0.25, 0.3) is 0 Å². The maximum absolute atomic E-state index is 12.1. The van der Waals surface area contributed by atoms with Crippen LogP contribution in [0, 0.1) is 6.92 Å². The first-order chi connectivity index (χ1) is 11.2. The third-order valence-electron chi connectivity index (χ3n) is 2.85. The number of thiocarbonyl (C=S) groups is 1. The summed E-state index contributed by atoms with van der Waals surface area (Å²) >= 11 is 7.27. The smallest absolute Gasteiger partial charge is 0.348 e. The Kier molecular flexibility index (Phi) is 7.64. The number of anilines is 1. The highest BCUT2D eigenvalue weighted by atomic mass is 32.2. The molecule has 24 heavy (non-hydrogen) atoms. The molecule has 1 rings (SSSR count). The molecule has 0 saturated heterocycles. The zero-order valence-corrected chi connectivity index (χ0v) is 16.4. The summed E-state index contributed by atoms with van der Waals surface area (Å²) in [6, 6.07) is 0. The topological polar surface area (TPSA) is 84.9 Å². The van der Waals surface area contributed by atoms with Crippen LogP contribution in [0.3, 0.4) is 0 Å². The Morgan fingerprint density at radius 2 is 1.79 bits per heavy atom. The first kappa shape index (κ1) is 20.4. The van der Waals surface area contributed by atoms with E-state index in [0.717, 1.165) is 11.3 Å². The van der Waals surface area contributed by atoms with Crippen molar-refractivity contribution in [3.63, 3.8) is 0 Å². The van der Waals surface area contributed by atoms with Crippen LogP contribution in [-0.4, -0.2) is 61.1 Å². The minimum absolute atomic E-state index is 0.0854. The summed E-state index contributed by atoms with van der Waals surface area (Å²) in [6.45, 7) is 1.60. The SMILES string of the molecule is COC(=O)c1sc(NC(=O)CSC(=S)N(C)C)c(C(=O)OC)c1C. The number of nitrogens with zero attached hydrogens (tertiary/aromatic N) is 1. The molecule has 1 aromatic heterocycles. The largest absolute Gasteiger partial charge is 0.465 e. The zero-order valence-electron chi connectivity index (χ0n) is 13.9. The lowest BCUT2D eigenvalue weighted by Crippen LogP contribution is -2.21. The van der Waals surface area contributed by atoms with Crippen molar-refractivity contribution in [3.8, 4) is 0 Å². The van der Waals surface area contributed by atoms with E-state index in [1.54, 1.807) is 25.9 Å². The summed E-state index contributed by atoms with van der Waals surface area (Å²) in [5, 5.41) is 2.88. The van der Waals surface area contributed by atoms with Gasteiger partial charge in [-0.2, -0.15) is 0 Å². The van der Waals surface area contributed by atoms with Crippen LogP contribution < -0.4 is 5.32 Å². The van der Waals surface area contributed by atoms with Gasteiger partial charge in [0.2, 0.25) is 5.91 Å². The molecule has 0 aliphatic heterocycles. The molecule has 1 N–H and O–H groups in total. The average molecular weight is 391 g/mol. The van der Waals surface area contributed by atoms with Crippen molar-refractivity contribution < 1.29 is 23.9 Å². The van der Waals surface area contributed by atoms with Crippen molar-refractivity contribution in [1.29, 1.82) is 0 Å². The Bertz CT molecular complexity index is 670. The fraction of sp³-hybridized carbons (Fsp3) is 0.429. The molecule has 1 aromatic rings. The van der Waals surface area contributed by atoms with Gasteiger partial charge in [0, 0.05) is 14.1 Å². The second-order valence-corrected chi connectivity index (χ2v) is 7.37. The molecule has 10 heteroatoms. The quantitative estimate of drug-likeness (QED) is 0.605. The minimum atomic E-state index is -0.634. The van der Waals surface area contributed by atoms with Crippen molar-refractivity contribution in [3.05, 3.63) is 16.0 Å². The third-order valence-corrected chi connectivity index (χ3v) is 5.78. The molecule has 0 fully saturated rings. The van der Waals surface area contributed by atoms with Gasteiger partial charge in [-0.05, 0) is 12.5 Å². The molecule has 0 bridgehead atoms. The van der Waals surface area contributed by atoms with E-state index >= 15 is 0 Å². The monoisotopic (exact) mass is 390 g/mol. The fourth-order valence-electron chi connectivity index (χ4n) is 1.66. The highest BCUT2D eigenvalue weighted by Crippen LogP contribution is 2.34. The normalized spacial score (nSPS) is 10.0. The number of ether oxygens (including phenoxy) is 2. The molecule has 0 aromatic carbocycles. The molecule has 0 unspecified atom stereocenters. The van der Waals surface area contributed by atoms with E-state index < -0.39 is 11.9 Å². The highest BCUT2D eigenvalue weighted by Gasteiger charge is 2.26. The van der Waals surface area contributed by atoms with Crippen LogP contribution in [0.15, 0.2) is 0 Å². The average Bonchev–Trinajstić information content (AvgIpc) is 2.87. The molecule has 132 valence electrons. The number of thiophene rings is 1. The molecule has 0 aliphatic rings. The van der Waals surface area contributed by atoms with E-state index in [4.69, 9.17) is 17.0 Å². The maximum Gasteiger partial charge on any atom is 0.348 e. The van der Waals surface area contributed by atoms with Gasteiger partial charge in [-0.1, -0.05) is 24.0 Å². The molecule has 0 saturated carbocycles. The van der Waals surface area contributed by atoms with E-state index in [0.29, 0.717) is 9.88 Å². The molecule has 1 heterocycles. The van der Waals surface area contributed by atoms with Gasteiger partial charge in [-0.25, -0.2) is 9.59 Å². The number of hydrogen-bond donors (Lipinski definition) is 1. The standard InChI is InChI=1S/C14H18N2O5S3/c1-7-9(12(18)20-4)11(24-10(7)13(19)21-5)15-8(17)6-23-14(22)16(2)3/h6H2,1-5H3,(H,15,17). The number of nitrogens with one attached hydrogen (secondary N) is 1. The predicted molar refractivity (Wildman–Crippen MR) is 99.1 cm³/mol. The number of thioether (sulfide) groups is 1. The number of amides is 1. The van der Waals surface area contributed by atoms with Crippen LogP contribution >= 0.6 is 35.3 Å². The molecule has 0 aliphatic carbocycles. The second kappa shape index (κ2) is 9.00. The van der Waals surface area contributed by atoms with Gasteiger partial charge in [0.05, 0.1) is 25.5 Å². The predicted octanol–water partition coefficient (Wildman–Crippen LogP) is 2.15.